The molecule has 0 saturated heterocycles. The normalized spacial score (nSPS) is 10.2. The predicted molar refractivity (Wildman–Crippen MR) is 92.0 cm³/mol. The van der Waals surface area contributed by atoms with E-state index in [4.69, 9.17) is 4.74 Å². The molecule has 0 amide bonds. The van der Waals surface area contributed by atoms with E-state index in [0.29, 0.717) is 12.2 Å². The Morgan fingerprint density at radius 3 is 2.46 bits per heavy atom. The van der Waals surface area contributed by atoms with Crippen molar-refractivity contribution in [2.75, 3.05) is 18.1 Å². The third kappa shape index (κ3) is 4.55. The van der Waals surface area contributed by atoms with Gasteiger partial charge in [0.05, 0.1) is 18.1 Å². The van der Waals surface area contributed by atoms with Crippen molar-refractivity contribution >= 4 is 17.3 Å². The van der Waals surface area contributed by atoms with Crippen molar-refractivity contribution < 1.29 is 14.5 Å². The Labute approximate surface area is 140 Å². The van der Waals surface area contributed by atoms with Gasteiger partial charge in [-0.3, -0.25) is 14.9 Å². The van der Waals surface area contributed by atoms with Crippen LogP contribution in [0, 0.1) is 17.0 Å². The summed E-state index contributed by atoms with van der Waals surface area (Å²) < 4.78 is 5.02. The molecular formula is C18H20N2O4. The van der Waals surface area contributed by atoms with Crippen LogP contribution in [0.4, 0.5) is 11.4 Å². The smallest absolute Gasteiger partial charge is 0.325 e. The van der Waals surface area contributed by atoms with Gasteiger partial charge in [0, 0.05) is 17.3 Å². The summed E-state index contributed by atoms with van der Waals surface area (Å²) in [5, 5.41) is 11.2. The number of ether oxygens (including phenoxy) is 1. The van der Waals surface area contributed by atoms with Gasteiger partial charge in [-0.15, -0.1) is 0 Å². The third-order valence-electron chi connectivity index (χ3n) is 3.57. The van der Waals surface area contributed by atoms with Crippen LogP contribution in [0.15, 0.2) is 48.5 Å². The van der Waals surface area contributed by atoms with E-state index in [1.165, 1.54) is 6.07 Å². The topological polar surface area (TPSA) is 72.7 Å². The molecule has 0 heterocycles. The maximum atomic E-state index is 11.9. The third-order valence-corrected chi connectivity index (χ3v) is 3.57. The second kappa shape index (κ2) is 8.10. The summed E-state index contributed by atoms with van der Waals surface area (Å²) in [5.41, 5.74) is 2.50. The number of hydrogen-bond acceptors (Lipinski definition) is 5. The molecule has 6 nitrogen and oxygen atoms in total. The van der Waals surface area contributed by atoms with Crippen LogP contribution >= 0.6 is 0 Å². The molecule has 0 saturated carbocycles. The van der Waals surface area contributed by atoms with E-state index in [2.05, 4.69) is 0 Å². The van der Waals surface area contributed by atoms with Gasteiger partial charge < -0.3 is 9.64 Å². The number of nitro groups is 1. The van der Waals surface area contributed by atoms with Crippen molar-refractivity contribution in [3.63, 3.8) is 0 Å². The summed E-state index contributed by atoms with van der Waals surface area (Å²) in [6, 6.07) is 14.2. The molecule has 0 aliphatic carbocycles. The van der Waals surface area contributed by atoms with Gasteiger partial charge in [-0.05, 0) is 26.0 Å². The first-order chi connectivity index (χ1) is 11.5. The fourth-order valence-corrected chi connectivity index (χ4v) is 2.38. The Hall–Kier alpha value is -2.89. The zero-order valence-corrected chi connectivity index (χ0v) is 13.8. The van der Waals surface area contributed by atoms with E-state index < -0.39 is 4.92 Å². The van der Waals surface area contributed by atoms with Crippen molar-refractivity contribution in [1.29, 1.82) is 0 Å². The van der Waals surface area contributed by atoms with Gasteiger partial charge in [-0.1, -0.05) is 35.9 Å². The van der Waals surface area contributed by atoms with E-state index in [1.807, 2.05) is 31.2 Å². The summed E-state index contributed by atoms with van der Waals surface area (Å²) in [4.78, 5) is 24.5. The highest BCUT2D eigenvalue weighted by molar-refractivity contribution is 5.76. The SMILES string of the molecule is CCOC(=O)CN(Cc1ccccc1[N+](=O)[O-])c1ccc(C)cc1. The Kier molecular flexibility index (Phi) is 5.89. The Bertz CT molecular complexity index is 713. The van der Waals surface area contributed by atoms with Crippen LogP contribution in [0.25, 0.3) is 0 Å². The maximum Gasteiger partial charge on any atom is 0.325 e. The fourth-order valence-electron chi connectivity index (χ4n) is 2.38. The van der Waals surface area contributed by atoms with Crippen molar-refractivity contribution in [2.45, 2.75) is 20.4 Å². The largest absolute Gasteiger partial charge is 0.465 e. The number of aryl methyl sites for hydroxylation is 1. The van der Waals surface area contributed by atoms with Crippen LogP contribution in [-0.4, -0.2) is 24.0 Å². The zero-order chi connectivity index (χ0) is 17.5. The first-order valence-electron chi connectivity index (χ1n) is 7.70. The van der Waals surface area contributed by atoms with Gasteiger partial charge in [-0.25, -0.2) is 0 Å². The molecule has 24 heavy (non-hydrogen) atoms. The highest BCUT2D eigenvalue weighted by Gasteiger charge is 2.18. The van der Waals surface area contributed by atoms with Crippen LogP contribution in [-0.2, 0) is 16.1 Å². The summed E-state index contributed by atoms with van der Waals surface area (Å²) in [5.74, 6) is -0.364. The molecule has 0 aromatic heterocycles. The first kappa shape index (κ1) is 17.5. The first-order valence-corrected chi connectivity index (χ1v) is 7.70. The fraction of sp³-hybridized carbons (Fsp3) is 0.278. The van der Waals surface area contributed by atoms with Gasteiger partial charge in [0.2, 0.25) is 0 Å². The van der Waals surface area contributed by atoms with E-state index in [-0.39, 0.29) is 24.7 Å². The number of carbonyl (C=O) groups excluding carboxylic acids is 1. The van der Waals surface area contributed by atoms with Crippen LogP contribution in [0.1, 0.15) is 18.1 Å². The van der Waals surface area contributed by atoms with Crippen LogP contribution in [0.3, 0.4) is 0 Å². The van der Waals surface area contributed by atoms with Gasteiger partial charge in [0.15, 0.2) is 0 Å². The van der Waals surface area contributed by atoms with E-state index in [9.17, 15) is 14.9 Å². The molecule has 0 atom stereocenters. The lowest BCUT2D eigenvalue weighted by Crippen LogP contribution is -2.30. The minimum Gasteiger partial charge on any atom is -0.465 e. The molecule has 0 spiro atoms. The van der Waals surface area contributed by atoms with Crippen molar-refractivity contribution in [1.82, 2.24) is 0 Å². The summed E-state index contributed by atoms with van der Waals surface area (Å²) in [6.07, 6.45) is 0. The van der Waals surface area contributed by atoms with Gasteiger partial charge in [0.1, 0.15) is 6.54 Å². The van der Waals surface area contributed by atoms with Gasteiger partial charge in [0.25, 0.3) is 5.69 Å². The molecule has 2 aromatic rings. The van der Waals surface area contributed by atoms with Crippen molar-refractivity contribution in [3.05, 3.63) is 69.8 Å². The van der Waals surface area contributed by atoms with Gasteiger partial charge in [-0.2, -0.15) is 0 Å². The Morgan fingerprint density at radius 1 is 1.17 bits per heavy atom. The second-order valence-corrected chi connectivity index (χ2v) is 5.38. The number of benzene rings is 2. The lowest BCUT2D eigenvalue weighted by atomic mass is 10.1. The Morgan fingerprint density at radius 2 is 1.83 bits per heavy atom. The number of esters is 1. The van der Waals surface area contributed by atoms with Gasteiger partial charge >= 0.3 is 5.97 Å². The molecule has 2 aromatic carbocycles. The number of nitrogens with zero attached hydrogens (tertiary/aromatic N) is 2. The molecule has 0 radical (unpaired) electrons. The van der Waals surface area contributed by atoms with E-state index >= 15 is 0 Å². The van der Waals surface area contributed by atoms with Crippen molar-refractivity contribution in [2.24, 2.45) is 0 Å². The molecule has 0 aliphatic rings. The summed E-state index contributed by atoms with van der Waals surface area (Å²) in [6.45, 7) is 4.30. The second-order valence-electron chi connectivity index (χ2n) is 5.38. The molecule has 126 valence electrons. The minimum absolute atomic E-state index is 0.0307. The lowest BCUT2D eigenvalue weighted by molar-refractivity contribution is -0.385. The molecule has 0 unspecified atom stereocenters. The standard InChI is InChI=1S/C18H20N2O4/c1-3-24-18(21)13-19(16-10-8-14(2)9-11-16)12-15-6-4-5-7-17(15)20(22)23/h4-11H,3,12-13H2,1-2H3. The predicted octanol–water partition coefficient (Wildman–Crippen LogP) is 3.47. The number of hydrogen-bond donors (Lipinski definition) is 0. The van der Waals surface area contributed by atoms with Crippen LogP contribution < -0.4 is 4.90 Å². The van der Waals surface area contributed by atoms with E-state index in [1.54, 1.807) is 30.0 Å². The van der Waals surface area contributed by atoms with Crippen molar-refractivity contribution in [3.8, 4) is 0 Å². The molecular weight excluding hydrogens is 308 g/mol. The number of para-hydroxylation sites is 1. The summed E-state index contributed by atoms with van der Waals surface area (Å²) >= 11 is 0. The number of anilines is 1. The van der Waals surface area contributed by atoms with Crippen LogP contribution in [0.5, 0.6) is 0 Å². The number of rotatable bonds is 7. The molecule has 2 rings (SSSR count). The summed E-state index contributed by atoms with van der Waals surface area (Å²) in [7, 11) is 0. The average Bonchev–Trinajstić information content (AvgIpc) is 2.55. The number of nitro benzene ring substituents is 1. The molecule has 0 N–H and O–H groups in total. The molecule has 0 bridgehead atoms. The molecule has 0 aliphatic heterocycles. The molecule has 6 heteroatoms. The average molecular weight is 328 g/mol. The highest BCUT2D eigenvalue weighted by Crippen LogP contribution is 2.23. The maximum absolute atomic E-state index is 11.9. The Balaban J connectivity index is 2.30. The minimum atomic E-state index is -0.410. The highest BCUT2D eigenvalue weighted by atomic mass is 16.6. The lowest BCUT2D eigenvalue weighted by Gasteiger charge is -2.24. The quantitative estimate of drug-likeness (QED) is 0.442. The zero-order valence-electron chi connectivity index (χ0n) is 13.8. The molecule has 0 fully saturated rings. The number of carbonyl (C=O) groups is 1. The van der Waals surface area contributed by atoms with Crippen LogP contribution in [0.2, 0.25) is 0 Å². The van der Waals surface area contributed by atoms with E-state index in [0.717, 1.165) is 11.3 Å². The monoisotopic (exact) mass is 328 g/mol.